The number of aromatic hydroxyl groups is 1. The van der Waals surface area contributed by atoms with Crippen LogP contribution in [0.25, 0.3) is 0 Å². The van der Waals surface area contributed by atoms with Crippen LogP contribution in [0.15, 0.2) is 58.6 Å². The van der Waals surface area contributed by atoms with Crippen LogP contribution in [-0.2, 0) is 6.54 Å². The van der Waals surface area contributed by atoms with Gasteiger partial charge in [0.1, 0.15) is 0 Å². The zero-order chi connectivity index (χ0) is 22.9. The van der Waals surface area contributed by atoms with Gasteiger partial charge in [-0.05, 0) is 49.0 Å². The monoisotopic (exact) mass is 435 g/mol. The third kappa shape index (κ3) is 4.64. The number of allylic oxidation sites excluding steroid dienone is 6. The van der Waals surface area contributed by atoms with E-state index in [-0.39, 0.29) is 16.5 Å². The van der Waals surface area contributed by atoms with Gasteiger partial charge in [-0.25, -0.2) is 0 Å². The lowest BCUT2D eigenvalue weighted by Crippen LogP contribution is -2.48. The lowest BCUT2D eigenvalue weighted by molar-refractivity contribution is -0.00136. The fraction of sp³-hybridized carbons (Fsp3) is 0.500. The Morgan fingerprint density at radius 3 is 2.75 bits per heavy atom. The second-order valence-corrected chi connectivity index (χ2v) is 10.4. The number of hydrogen-bond acceptors (Lipinski definition) is 4. The van der Waals surface area contributed by atoms with E-state index < -0.39 is 17.1 Å². The summed E-state index contributed by atoms with van der Waals surface area (Å²) in [5.74, 6) is -0.509. The molecule has 2 N–H and O–H groups in total. The summed E-state index contributed by atoms with van der Waals surface area (Å²) in [5, 5.41) is 17.4. The van der Waals surface area contributed by atoms with Gasteiger partial charge in [0, 0.05) is 12.0 Å². The molecule has 1 fully saturated rings. The summed E-state index contributed by atoms with van der Waals surface area (Å²) in [6, 6.07) is 0. The molecular formula is C26H33N3O3. The molecule has 170 valence electrons. The maximum atomic E-state index is 12.8. The number of carbonyl (C=O) groups excluding carboxylic acids is 1. The van der Waals surface area contributed by atoms with Crippen molar-refractivity contribution in [1.29, 1.82) is 0 Å². The molecule has 6 nitrogen and oxygen atoms in total. The lowest BCUT2D eigenvalue weighted by Gasteiger charge is -2.55. The van der Waals surface area contributed by atoms with E-state index in [9.17, 15) is 14.7 Å². The molecule has 1 unspecified atom stereocenters. The van der Waals surface area contributed by atoms with E-state index in [0.29, 0.717) is 19.0 Å². The first-order valence-electron chi connectivity index (χ1n) is 11.5. The molecule has 0 radical (unpaired) electrons. The van der Waals surface area contributed by atoms with Crippen molar-refractivity contribution in [2.45, 2.75) is 59.4 Å². The number of amides is 1. The van der Waals surface area contributed by atoms with Gasteiger partial charge in [0.2, 0.25) is 0 Å². The van der Waals surface area contributed by atoms with E-state index >= 15 is 0 Å². The number of hydrogen-bond donors (Lipinski definition) is 2. The maximum absolute atomic E-state index is 12.8. The second-order valence-electron chi connectivity index (χ2n) is 10.4. The summed E-state index contributed by atoms with van der Waals surface area (Å²) in [7, 11) is 0. The molecule has 0 spiro atoms. The molecule has 0 bridgehead atoms. The molecule has 1 aromatic heterocycles. The first kappa shape index (κ1) is 22.3. The summed E-state index contributed by atoms with van der Waals surface area (Å²) >= 11 is 0. The largest absolute Gasteiger partial charge is 0.503 e. The Kier molecular flexibility index (Phi) is 5.97. The predicted octanol–water partition coefficient (Wildman–Crippen LogP) is 4.28. The fourth-order valence-electron chi connectivity index (χ4n) is 5.50. The third-order valence-electron chi connectivity index (χ3n) is 6.80. The van der Waals surface area contributed by atoms with Crippen LogP contribution in [0.1, 0.15) is 63.4 Å². The Balaban J connectivity index is 1.54. The lowest BCUT2D eigenvalue weighted by atomic mass is 9.50. The van der Waals surface area contributed by atoms with Gasteiger partial charge in [-0.1, -0.05) is 62.8 Å². The summed E-state index contributed by atoms with van der Waals surface area (Å²) in [5.41, 5.74) is 1.57. The van der Waals surface area contributed by atoms with E-state index in [2.05, 4.69) is 61.6 Å². The highest BCUT2D eigenvalue weighted by Gasteiger charge is 2.51. The van der Waals surface area contributed by atoms with Crippen molar-refractivity contribution < 1.29 is 9.90 Å². The maximum Gasteiger partial charge on any atom is 0.276 e. The second kappa shape index (κ2) is 8.57. The Bertz CT molecular complexity index is 1080. The predicted molar refractivity (Wildman–Crippen MR) is 125 cm³/mol. The van der Waals surface area contributed by atoms with E-state index in [4.69, 9.17) is 0 Å². The van der Waals surface area contributed by atoms with Gasteiger partial charge in [0.25, 0.3) is 11.3 Å². The molecule has 3 aliphatic rings. The molecule has 1 atom stereocenters. The molecule has 3 aliphatic carbocycles. The van der Waals surface area contributed by atoms with Crippen LogP contribution in [0.2, 0.25) is 0 Å². The zero-order valence-electron chi connectivity index (χ0n) is 19.2. The molecule has 1 amide bonds. The van der Waals surface area contributed by atoms with Crippen molar-refractivity contribution in [2.24, 2.45) is 16.7 Å². The van der Waals surface area contributed by atoms with Crippen LogP contribution in [0, 0.1) is 16.7 Å². The Morgan fingerprint density at radius 2 is 2.12 bits per heavy atom. The Labute approximate surface area is 189 Å². The van der Waals surface area contributed by atoms with Gasteiger partial charge in [-0.3, -0.25) is 14.3 Å². The van der Waals surface area contributed by atoms with E-state index in [1.807, 2.05) is 6.08 Å². The molecule has 1 aromatic rings. The van der Waals surface area contributed by atoms with Crippen molar-refractivity contribution >= 4 is 5.91 Å². The average molecular weight is 436 g/mol. The first-order valence-corrected chi connectivity index (χ1v) is 11.5. The summed E-state index contributed by atoms with van der Waals surface area (Å²) in [6.45, 7) is 7.52. The highest BCUT2D eigenvalue weighted by Crippen LogP contribution is 2.60. The zero-order valence-corrected chi connectivity index (χ0v) is 19.2. The molecule has 0 saturated heterocycles. The molecule has 1 heterocycles. The van der Waals surface area contributed by atoms with Gasteiger partial charge in [0.05, 0.1) is 12.7 Å². The molecular weight excluding hydrogens is 402 g/mol. The van der Waals surface area contributed by atoms with E-state index in [0.717, 1.165) is 37.7 Å². The smallest absolute Gasteiger partial charge is 0.276 e. The van der Waals surface area contributed by atoms with Crippen LogP contribution < -0.4 is 10.7 Å². The first-order chi connectivity index (χ1) is 15.2. The summed E-state index contributed by atoms with van der Waals surface area (Å²) in [4.78, 5) is 25.2. The average Bonchev–Trinajstić information content (AvgIpc) is 2.74. The third-order valence-corrected chi connectivity index (χ3v) is 6.80. The van der Waals surface area contributed by atoms with Gasteiger partial charge < -0.3 is 10.4 Å². The molecule has 32 heavy (non-hydrogen) atoms. The van der Waals surface area contributed by atoms with Crippen LogP contribution in [0.3, 0.4) is 0 Å². The quantitative estimate of drug-likeness (QED) is 0.698. The highest BCUT2D eigenvalue weighted by molar-refractivity contribution is 5.92. The topological polar surface area (TPSA) is 84.2 Å². The molecule has 6 heteroatoms. The number of nitrogens with zero attached hydrogens (tertiary/aromatic N) is 2. The van der Waals surface area contributed by atoms with Crippen molar-refractivity contribution in [3.8, 4) is 5.75 Å². The molecule has 0 aromatic carbocycles. The number of rotatable bonds is 6. The molecule has 1 saturated carbocycles. The molecule has 4 rings (SSSR count). The van der Waals surface area contributed by atoms with Crippen LogP contribution in [-0.4, -0.2) is 27.3 Å². The van der Waals surface area contributed by atoms with Gasteiger partial charge in [-0.15, -0.1) is 0 Å². The minimum Gasteiger partial charge on any atom is -0.503 e. The van der Waals surface area contributed by atoms with E-state index in [1.54, 1.807) is 4.68 Å². The number of nitrogens with one attached hydrogen (secondary N) is 1. The number of aromatic nitrogens is 2. The Morgan fingerprint density at radius 1 is 1.34 bits per heavy atom. The van der Waals surface area contributed by atoms with Crippen molar-refractivity contribution in [3.05, 3.63) is 69.7 Å². The van der Waals surface area contributed by atoms with Crippen LogP contribution in [0.5, 0.6) is 5.75 Å². The standard InChI is InChI=1S/C26H33N3O3/c1-18-9-11-19(12-10-18)13-27-24(32)22-23(31)21(30)14-29(28-22)17-26(15-25(2,3)16-26)20-7-5-4-6-8-20/h4-5,7,9,11-12,14,18,30H,6,8,10,13,15-17H2,1-3H3,(H,27,32). The minimum absolute atomic E-state index is 0.0646. The van der Waals surface area contributed by atoms with Gasteiger partial charge >= 0.3 is 0 Å². The number of carbonyl (C=O) groups is 1. The minimum atomic E-state index is -0.733. The summed E-state index contributed by atoms with van der Waals surface area (Å²) < 4.78 is 1.58. The van der Waals surface area contributed by atoms with Gasteiger partial charge in [-0.2, -0.15) is 5.10 Å². The Hall–Kier alpha value is -2.89. The van der Waals surface area contributed by atoms with Crippen LogP contribution in [0.4, 0.5) is 0 Å². The molecule has 0 aliphatic heterocycles. The van der Waals surface area contributed by atoms with Crippen molar-refractivity contribution in [3.63, 3.8) is 0 Å². The SMILES string of the molecule is CC1C=CC(CNC(=O)c2nn(CC3(C4=CC=CCC4)CC(C)(C)C3)cc(O)c2=O)=CC1. The highest BCUT2D eigenvalue weighted by atomic mass is 16.3. The van der Waals surface area contributed by atoms with Crippen molar-refractivity contribution in [1.82, 2.24) is 15.1 Å². The van der Waals surface area contributed by atoms with Crippen molar-refractivity contribution in [2.75, 3.05) is 6.54 Å². The van der Waals surface area contributed by atoms with Gasteiger partial charge in [0.15, 0.2) is 11.4 Å². The fourth-order valence-corrected chi connectivity index (χ4v) is 5.50. The summed E-state index contributed by atoms with van der Waals surface area (Å²) in [6.07, 6.45) is 19.0. The normalized spacial score (nSPS) is 23.2. The van der Waals surface area contributed by atoms with E-state index in [1.165, 1.54) is 11.8 Å². The van der Waals surface area contributed by atoms with Crippen LogP contribution >= 0.6 is 0 Å².